The molecule has 4 nitrogen and oxygen atoms in total. The van der Waals surface area contributed by atoms with Crippen molar-refractivity contribution in [2.24, 2.45) is 0 Å². The Labute approximate surface area is 132 Å². The number of amides is 1. The summed E-state index contributed by atoms with van der Waals surface area (Å²) >= 11 is 3.38. The van der Waals surface area contributed by atoms with Gasteiger partial charge in [0.2, 0.25) is 0 Å². The molecule has 1 fully saturated rings. The Morgan fingerprint density at radius 1 is 1.48 bits per heavy atom. The number of carbonyl (C=O) groups excluding carboxylic acids is 1. The molecule has 0 atom stereocenters. The Morgan fingerprint density at radius 3 is 2.81 bits per heavy atom. The van der Waals surface area contributed by atoms with Gasteiger partial charge < -0.3 is 10.1 Å². The number of nitrogens with one attached hydrogen (secondary N) is 1. The second kappa shape index (κ2) is 7.28. The summed E-state index contributed by atoms with van der Waals surface area (Å²) in [6, 6.07) is 7.62. The van der Waals surface area contributed by atoms with Gasteiger partial charge in [0.05, 0.1) is 7.11 Å². The Morgan fingerprint density at radius 2 is 2.19 bits per heavy atom. The molecule has 1 aliphatic rings. The Kier molecular flexibility index (Phi) is 5.40. The molecule has 0 radical (unpaired) electrons. The van der Waals surface area contributed by atoms with Gasteiger partial charge in [-0.15, -0.1) is 0 Å². The van der Waals surface area contributed by atoms with Crippen molar-refractivity contribution in [1.82, 2.24) is 5.32 Å². The van der Waals surface area contributed by atoms with Crippen molar-refractivity contribution >= 4 is 27.9 Å². The Balaban J connectivity index is 2.21. The lowest BCUT2D eigenvalue weighted by Crippen LogP contribution is -2.33. The van der Waals surface area contributed by atoms with Gasteiger partial charge in [0.15, 0.2) is 0 Å². The van der Waals surface area contributed by atoms with Gasteiger partial charge in [-0.2, -0.15) is 5.26 Å². The monoisotopic (exact) mass is 348 g/mol. The van der Waals surface area contributed by atoms with Gasteiger partial charge >= 0.3 is 0 Å². The lowest BCUT2D eigenvalue weighted by atomic mass is 10.1. The predicted molar refractivity (Wildman–Crippen MR) is 84.7 cm³/mol. The molecule has 2 rings (SSSR count). The van der Waals surface area contributed by atoms with Crippen LogP contribution in [0.2, 0.25) is 0 Å². The van der Waals surface area contributed by atoms with Gasteiger partial charge in [-0.3, -0.25) is 4.79 Å². The summed E-state index contributed by atoms with van der Waals surface area (Å²) in [7, 11) is 1.56. The average Bonchev–Trinajstić information content (AvgIpc) is 2.97. The molecule has 1 amide bonds. The molecule has 1 aromatic carbocycles. The summed E-state index contributed by atoms with van der Waals surface area (Å²) in [5.74, 6) is 0.311. The number of hydrogen-bond acceptors (Lipinski definition) is 3. The number of rotatable bonds is 4. The lowest BCUT2D eigenvalue weighted by Gasteiger charge is -2.11. The van der Waals surface area contributed by atoms with E-state index in [1.54, 1.807) is 19.3 Å². The maximum Gasteiger partial charge on any atom is 0.262 e. The van der Waals surface area contributed by atoms with E-state index in [1.807, 2.05) is 18.2 Å². The summed E-state index contributed by atoms with van der Waals surface area (Å²) in [6.07, 6.45) is 5.81. The third kappa shape index (κ3) is 4.08. The largest absolute Gasteiger partial charge is 0.496 e. The van der Waals surface area contributed by atoms with E-state index in [1.165, 1.54) is 0 Å². The topological polar surface area (TPSA) is 62.1 Å². The minimum absolute atomic E-state index is 0.0956. The van der Waals surface area contributed by atoms with E-state index in [0.717, 1.165) is 30.2 Å². The van der Waals surface area contributed by atoms with E-state index in [-0.39, 0.29) is 17.5 Å². The molecule has 1 aliphatic carbocycles. The van der Waals surface area contributed by atoms with Crippen LogP contribution < -0.4 is 10.1 Å². The number of nitrogens with zero attached hydrogens (tertiary/aromatic N) is 1. The van der Waals surface area contributed by atoms with Crippen molar-refractivity contribution in [2.75, 3.05) is 7.11 Å². The zero-order chi connectivity index (χ0) is 15.2. The molecule has 1 aromatic rings. The average molecular weight is 349 g/mol. The zero-order valence-corrected chi connectivity index (χ0v) is 13.4. The highest BCUT2D eigenvalue weighted by molar-refractivity contribution is 9.10. The maximum atomic E-state index is 12.2. The molecule has 21 heavy (non-hydrogen) atoms. The van der Waals surface area contributed by atoms with E-state index >= 15 is 0 Å². The second-order valence-corrected chi connectivity index (χ2v) is 5.93. The molecular formula is C16H17BrN2O2. The first-order valence-electron chi connectivity index (χ1n) is 6.90. The smallest absolute Gasteiger partial charge is 0.262 e. The molecule has 1 saturated carbocycles. The number of hydrogen-bond donors (Lipinski definition) is 1. The first-order chi connectivity index (χ1) is 10.1. The van der Waals surface area contributed by atoms with Crippen LogP contribution in [-0.4, -0.2) is 19.1 Å². The van der Waals surface area contributed by atoms with Gasteiger partial charge in [0, 0.05) is 16.1 Å². The van der Waals surface area contributed by atoms with Crippen molar-refractivity contribution in [3.05, 3.63) is 33.8 Å². The highest BCUT2D eigenvalue weighted by atomic mass is 79.9. The summed E-state index contributed by atoms with van der Waals surface area (Å²) in [5.41, 5.74) is 0.795. The standard InChI is InChI=1S/C16H17BrN2O2/c1-21-15-7-6-13(17)9-11(15)8-12(10-18)16(20)19-14-4-2-3-5-14/h6-9,14H,2-5H2,1H3,(H,19,20)/b12-8-. The quantitative estimate of drug-likeness (QED) is 0.669. The Bertz CT molecular complexity index is 599. The van der Waals surface area contributed by atoms with E-state index in [0.29, 0.717) is 11.3 Å². The lowest BCUT2D eigenvalue weighted by molar-refractivity contribution is -0.117. The van der Waals surface area contributed by atoms with E-state index in [4.69, 9.17) is 4.74 Å². The van der Waals surface area contributed by atoms with Gasteiger partial charge in [0.25, 0.3) is 5.91 Å². The molecule has 0 aromatic heterocycles. The number of ether oxygens (including phenoxy) is 1. The number of carbonyl (C=O) groups is 1. The number of nitriles is 1. The first-order valence-corrected chi connectivity index (χ1v) is 7.69. The molecule has 1 N–H and O–H groups in total. The van der Waals surface area contributed by atoms with Crippen molar-refractivity contribution in [2.45, 2.75) is 31.7 Å². The summed E-state index contributed by atoms with van der Waals surface area (Å²) < 4.78 is 6.12. The predicted octanol–water partition coefficient (Wildman–Crippen LogP) is 3.42. The number of methoxy groups -OCH3 is 1. The molecule has 0 spiro atoms. The van der Waals surface area contributed by atoms with Gasteiger partial charge in [-0.05, 0) is 37.1 Å². The van der Waals surface area contributed by atoms with E-state index < -0.39 is 0 Å². The van der Waals surface area contributed by atoms with Gasteiger partial charge in [0.1, 0.15) is 17.4 Å². The molecule has 0 bridgehead atoms. The number of benzene rings is 1. The molecule has 5 heteroatoms. The zero-order valence-electron chi connectivity index (χ0n) is 11.9. The molecule has 0 saturated heterocycles. The summed E-state index contributed by atoms with van der Waals surface area (Å²) in [6.45, 7) is 0. The fourth-order valence-electron chi connectivity index (χ4n) is 2.46. The van der Waals surface area contributed by atoms with Crippen LogP contribution in [0.3, 0.4) is 0 Å². The van der Waals surface area contributed by atoms with Crippen LogP contribution in [0.1, 0.15) is 31.2 Å². The first kappa shape index (κ1) is 15.6. The van der Waals surface area contributed by atoms with E-state index in [9.17, 15) is 10.1 Å². The van der Waals surface area contributed by atoms with Crippen LogP contribution in [0.15, 0.2) is 28.2 Å². The van der Waals surface area contributed by atoms with Crippen LogP contribution >= 0.6 is 15.9 Å². The highest BCUT2D eigenvalue weighted by Gasteiger charge is 2.19. The van der Waals surface area contributed by atoms with Crippen LogP contribution in [0.5, 0.6) is 5.75 Å². The number of halogens is 1. The van der Waals surface area contributed by atoms with Crippen LogP contribution in [0.4, 0.5) is 0 Å². The van der Waals surface area contributed by atoms with E-state index in [2.05, 4.69) is 21.2 Å². The highest BCUT2D eigenvalue weighted by Crippen LogP contribution is 2.25. The normalized spacial score (nSPS) is 15.6. The van der Waals surface area contributed by atoms with Crippen LogP contribution in [0, 0.1) is 11.3 Å². The van der Waals surface area contributed by atoms with Crippen molar-refractivity contribution in [1.29, 1.82) is 5.26 Å². The van der Waals surface area contributed by atoms with Crippen LogP contribution in [-0.2, 0) is 4.79 Å². The SMILES string of the molecule is COc1ccc(Br)cc1/C=C(/C#N)C(=O)NC1CCCC1. The molecular weight excluding hydrogens is 332 g/mol. The minimum Gasteiger partial charge on any atom is -0.496 e. The summed E-state index contributed by atoms with van der Waals surface area (Å²) in [5, 5.41) is 12.2. The van der Waals surface area contributed by atoms with Crippen LogP contribution in [0.25, 0.3) is 6.08 Å². The fraction of sp³-hybridized carbons (Fsp3) is 0.375. The fourth-order valence-corrected chi connectivity index (χ4v) is 2.83. The van der Waals surface area contributed by atoms with Gasteiger partial charge in [-0.25, -0.2) is 0 Å². The third-order valence-corrected chi connectivity index (χ3v) is 4.04. The maximum absolute atomic E-state index is 12.2. The molecule has 0 aliphatic heterocycles. The van der Waals surface area contributed by atoms with Crippen molar-refractivity contribution in [3.8, 4) is 11.8 Å². The molecule has 110 valence electrons. The molecule has 0 unspecified atom stereocenters. The van der Waals surface area contributed by atoms with Gasteiger partial charge in [-0.1, -0.05) is 28.8 Å². The minimum atomic E-state index is -0.313. The van der Waals surface area contributed by atoms with Crippen molar-refractivity contribution < 1.29 is 9.53 Å². The Hall–Kier alpha value is -1.80. The third-order valence-electron chi connectivity index (χ3n) is 3.55. The molecule has 0 heterocycles. The summed E-state index contributed by atoms with van der Waals surface area (Å²) in [4.78, 5) is 12.2. The second-order valence-electron chi connectivity index (χ2n) is 5.01. The van der Waals surface area contributed by atoms with Crippen molar-refractivity contribution in [3.63, 3.8) is 0 Å².